The van der Waals surface area contributed by atoms with Crippen molar-refractivity contribution < 1.29 is 9.13 Å². The molecule has 1 aromatic heterocycles. The number of hydrogen-bond acceptors (Lipinski definition) is 5. The number of nitrogens with zero attached hydrogens (tertiary/aromatic N) is 4. The third-order valence-electron chi connectivity index (χ3n) is 2.36. The predicted molar refractivity (Wildman–Crippen MR) is 70.5 cm³/mol. The Balaban J connectivity index is 2.38. The lowest BCUT2D eigenvalue weighted by Gasteiger charge is -2.17. The molecule has 19 heavy (non-hydrogen) atoms. The molecule has 0 aliphatic heterocycles. The summed E-state index contributed by atoms with van der Waals surface area (Å²) < 4.78 is 18.9. The molecule has 0 aliphatic carbocycles. The van der Waals surface area contributed by atoms with E-state index in [9.17, 15) is 4.39 Å². The standard InChI is InChI=1S/C12H12ClFN4O/c1-3-19-12-16-10(13)15-11(17-12)18(2)9-7-5-4-6-8(9)14/h4-7H,3H2,1-2H3. The first-order valence-electron chi connectivity index (χ1n) is 5.64. The fourth-order valence-electron chi connectivity index (χ4n) is 1.50. The summed E-state index contributed by atoms with van der Waals surface area (Å²) in [4.78, 5) is 13.3. The van der Waals surface area contributed by atoms with Crippen LogP contribution in [0.5, 0.6) is 6.01 Å². The molecule has 0 amide bonds. The van der Waals surface area contributed by atoms with Gasteiger partial charge in [-0.05, 0) is 30.7 Å². The second-order valence-electron chi connectivity index (χ2n) is 3.63. The summed E-state index contributed by atoms with van der Waals surface area (Å²) >= 11 is 5.79. The predicted octanol–water partition coefficient (Wildman–Crippen LogP) is 2.83. The second-order valence-corrected chi connectivity index (χ2v) is 3.97. The Kier molecular flexibility index (Phi) is 4.11. The van der Waals surface area contributed by atoms with Gasteiger partial charge in [0, 0.05) is 7.05 Å². The Bertz CT molecular complexity index is 581. The monoisotopic (exact) mass is 282 g/mol. The zero-order valence-electron chi connectivity index (χ0n) is 10.5. The van der Waals surface area contributed by atoms with E-state index in [-0.39, 0.29) is 23.1 Å². The molecule has 5 nitrogen and oxygen atoms in total. The summed E-state index contributed by atoms with van der Waals surface area (Å²) in [7, 11) is 1.64. The summed E-state index contributed by atoms with van der Waals surface area (Å²) in [6.07, 6.45) is 0. The molecule has 0 bridgehead atoms. The maximum atomic E-state index is 13.7. The first kappa shape index (κ1) is 13.5. The van der Waals surface area contributed by atoms with Crippen molar-refractivity contribution in [1.29, 1.82) is 0 Å². The fourth-order valence-corrected chi connectivity index (χ4v) is 1.65. The largest absolute Gasteiger partial charge is 0.464 e. The molecule has 100 valence electrons. The number of halogens is 2. The van der Waals surface area contributed by atoms with Crippen molar-refractivity contribution in [3.05, 3.63) is 35.4 Å². The molecule has 0 aliphatic rings. The number of aromatic nitrogens is 3. The van der Waals surface area contributed by atoms with Gasteiger partial charge in [0.2, 0.25) is 11.2 Å². The lowest BCUT2D eigenvalue weighted by molar-refractivity contribution is 0.311. The summed E-state index contributed by atoms with van der Waals surface area (Å²) in [5, 5.41) is -0.00311. The van der Waals surface area contributed by atoms with Crippen LogP contribution in [-0.4, -0.2) is 28.6 Å². The number of benzene rings is 1. The van der Waals surface area contributed by atoms with Gasteiger partial charge >= 0.3 is 6.01 Å². The molecular weight excluding hydrogens is 271 g/mol. The van der Waals surface area contributed by atoms with Crippen LogP contribution < -0.4 is 9.64 Å². The highest BCUT2D eigenvalue weighted by Crippen LogP contribution is 2.24. The smallest absolute Gasteiger partial charge is 0.322 e. The van der Waals surface area contributed by atoms with Gasteiger partial charge in [0.05, 0.1) is 12.3 Å². The molecule has 0 atom stereocenters. The Morgan fingerprint density at radius 1 is 1.26 bits per heavy atom. The van der Waals surface area contributed by atoms with Crippen LogP contribution in [0.4, 0.5) is 16.0 Å². The maximum Gasteiger partial charge on any atom is 0.322 e. The Morgan fingerprint density at radius 2 is 2.00 bits per heavy atom. The highest BCUT2D eigenvalue weighted by Gasteiger charge is 2.14. The van der Waals surface area contributed by atoms with E-state index in [2.05, 4.69) is 15.0 Å². The Morgan fingerprint density at radius 3 is 2.68 bits per heavy atom. The third-order valence-corrected chi connectivity index (χ3v) is 2.53. The van der Waals surface area contributed by atoms with Crippen molar-refractivity contribution >= 4 is 23.2 Å². The quantitative estimate of drug-likeness (QED) is 0.863. The number of rotatable bonds is 4. The van der Waals surface area contributed by atoms with Crippen LogP contribution in [0, 0.1) is 5.82 Å². The molecule has 0 unspecified atom stereocenters. The molecule has 2 aromatic rings. The van der Waals surface area contributed by atoms with Crippen LogP contribution in [0.3, 0.4) is 0 Å². The van der Waals surface area contributed by atoms with Crippen LogP contribution in [0.15, 0.2) is 24.3 Å². The van der Waals surface area contributed by atoms with Crippen LogP contribution >= 0.6 is 11.6 Å². The first-order valence-corrected chi connectivity index (χ1v) is 6.02. The molecule has 0 saturated carbocycles. The van der Waals surface area contributed by atoms with Crippen molar-refractivity contribution in [3.63, 3.8) is 0 Å². The summed E-state index contributed by atoms with van der Waals surface area (Å²) in [6, 6.07) is 6.42. The minimum Gasteiger partial charge on any atom is -0.464 e. The Labute approximate surface area is 115 Å². The van der Waals surface area contributed by atoms with Crippen molar-refractivity contribution in [2.24, 2.45) is 0 Å². The van der Waals surface area contributed by atoms with Crippen LogP contribution in [0.25, 0.3) is 0 Å². The van der Waals surface area contributed by atoms with E-state index in [1.165, 1.54) is 11.0 Å². The lowest BCUT2D eigenvalue weighted by Crippen LogP contribution is -2.15. The summed E-state index contributed by atoms with van der Waals surface area (Å²) in [6.45, 7) is 2.21. The van der Waals surface area contributed by atoms with Crippen LogP contribution in [-0.2, 0) is 0 Å². The zero-order chi connectivity index (χ0) is 13.8. The van der Waals surface area contributed by atoms with Crippen molar-refractivity contribution in [1.82, 2.24) is 15.0 Å². The highest BCUT2D eigenvalue weighted by molar-refractivity contribution is 6.28. The molecular formula is C12H12ClFN4O. The molecule has 0 radical (unpaired) electrons. The zero-order valence-corrected chi connectivity index (χ0v) is 11.2. The van der Waals surface area contributed by atoms with Gasteiger partial charge in [-0.1, -0.05) is 12.1 Å². The average Bonchev–Trinajstić information content (AvgIpc) is 2.38. The molecule has 1 heterocycles. The van der Waals surface area contributed by atoms with E-state index in [1.54, 1.807) is 32.2 Å². The maximum absolute atomic E-state index is 13.7. The second kappa shape index (κ2) is 5.79. The van der Waals surface area contributed by atoms with E-state index in [1.807, 2.05) is 0 Å². The molecule has 0 spiro atoms. The van der Waals surface area contributed by atoms with Gasteiger partial charge in [-0.3, -0.25) is 0 Å². The van der Waals surface area contributed by atoms with Crippen molar-refractivity contribution in [2.75, 3.05) is 18.6 Å². The van der Waals surface area contributed by atoms with Crippen molar-refractivity contribution in [2.45, 2.75) is 6.92 Å². The van der Waals surface area contributed by atoms with Gasteiger partial charge in [-0.25, -0.2) is 4.39 Å². The van der Waals surface area contributed by atoms with Gasteiger partial charge in [0.15, 0.2) is 0 Å². The van der Waals surface area contributed by atoms with E-state index >= 15 is 0 Å². The molecule has 2 rings (SSSR count). The highest BCUT2D eigenvalue weighted by atomic mass is 35.5. The average molecular weight is 283 g/mol. The fraction of sp³-hybridized carbons (Fsp3) is 0.250. The molecule has 0 N–H and O–H groups in total. The minimum absolute atomic E-state index is 0.00311. The third kappa shape index (κ3) is 3.08. The van der Waals surface area contributed by atoms with Gasteiger partial charge in [-0.2, -0.15) is 15.0 Å². The summed E-state index contributed by atoms with van der Waals surface area (Å²) in [5.74, 6) is -0.159. The van der Waals surface area contributed by atoms with Crippen LogP contribution in [0.2, 0.25) is 5.28 Å². The van der Waals surface area contributed by atoms with Crippen molar-refractivity contribution in [3.8, 4) is 6.01 Å². The number of hydrogen-bond donors (Lipinski definition) is 0. The van der Waals surface area contributed by atoms with E-state index in [0.717, 1.165) is 0 Å². The van der Waals surface area contributed by atoms with Gasteiger partial charge in [0.1, 0.15) is 5.82 Å². The molecule has 0 saturated heterocycles. The minimum atomic E-state index is -0.375. The van der Waals surface area contributed by atoms with Gasteiger partial charge < -0.3 is 9.64 Å². The molecule has 7 heteroatoms. The lowest BCUT2D eigenvalue weighted by atomic mass is 10.3. The Hall–Kier alpha value is -1.95. The van der Waals surface area contributed by atoms with Gasteiger partial charge in [0.25, 0.3) is 0 Å². The normalized spacial score (nSPS) is 10.3. The number of ether oxygens (including phenoxy) is 1. The SMILES string of the molecule is CCOc1nc(Cl)nc(N(C)c2ccccc2F)n1. The molecule has 0 fully saturated rings. The van der Waals surface area contributed by atoms with Gasteiger partial charge in [-0.15, -0.1) is 0 Å². The number of anilines is 2. The van der Waals surface area contributed by atoms with Crippen LogP contribution in [0.1, 0.15) is 6.92 Å². The van der Waals surface area contributed by atoms with E-state index in [4.69, 9.17) is 16.3 Å². The summed E-state index contributed by atoms with van der Waals surface area (Å²) in [5.41, 5.74) is 0.340. The van der Waals surface area contributed by atoms with E-state index < -0.39 is 0 Å². The first-order chi connectivity index (χ1) is 9.11. The topological polar surface area (TPSA) is 51.1 Å². The number of para-hydroxylation sites is 1. The molecule has 1 aromatic carbocycles. The van der Waals surface area contributed by atoms with E-state index in [0.29, 0.717) is 12.3 Å².